The molecule has 0 radical (unpaired) electrons. The summed E-state index contributed by atoms with van der Waals surface area (Å²) < 4.78 is 51.9. The molecule has 1 aliphatic rings. The molecule has 7 nitrogen and oxygen atoms in total. The van der Waals surface area contributed by atoms with Gasteiger partial charge in [0.1, 0.15) is 12.4 Å². The minimum atomic E-state index is -4.68. The molecule has 0 fully saturated rings. The summed E-state index contributed by atoms with van der Waals surface area (Å²) in [6.45, 7) is 3.00. The number of aliphatic hydroxyl groups excluding tert-OH is 1. The van der Waals surface area contributed by atoms with Crippen LogP contribution in [-0.4, -0.2) is 41.4 Å². The van der Waals surface area contributed by atoms with Gasteiger partial charge in [0.05, 0.1) is 40.6 Å². The van der Waals surface area contributed by atoms with Crippen LogP contribution in [0.25, 0.3) is 0 Å². The molecule has 4 rings (SSSR count). The van der Waals surface area contributed by atoms with E-state index in [0.29, 0.717) is 16.5 Å². The third kappa shape index (κ3) is 5.19. The molecule has 2 heterocycles. The van der Waals surface area contributed by atoms with Crippen molar-refractivity contribution in [3.63, 3.8) is 0 Å². The summed E-state index contributed by atoms with van der Waals surface area (Å²) >= 11 is 6.34. The Hall–Kier alpha value is -3.50. The smallest absolute Gasteiger partial charge is 0.420 e. The van der Waals surface area contributed by atoms with Crippen LogP contribution in [-0.2, 0) is 6.18 Å². The van der Waals surface area contributed by atoms with Crippen LogP contribution >= 0.6 is 11.6 Å². The zero-order chi connectivity index (χ0) is 26.0. The Labute approximate surface area is 210 Å². The van der Waals surface area contributed by atoms with Gasteiger partial charge in [-0.2, -0.15) is 13.2 Å². The molecule has 2 N–H and O–H groups in total. The number of fused-ring (bicyclic) bond motifs is 1. The van der Waals surface area contributed by atoms with Crippen molar-refractivity contribution in [1.29, 1.82) is 0 Å². The molecular formula is C25H23ClF3N3O4. The number of rotatable bonds is 6. The summed E-state index contributed by atoms with van der Waals surface area (Å²) in [5.74, 6) is -0.436. The highest BCUT2D eigenvalue weighted by Gasteiger charge is 2.36. The van der Waals surface area contributed by atoms with Gasteiger partial charge in [-0.25, -0.2) is 4.98 Å². The third-order valence-corrected chi connectivity index (χ3v) is 5.66. The van der Waals surface area contributed by atoms with Crippen molar-refractivity contribution in [2.45, 2.75) is 32.2 Å². The van der Waals surface area contributed by atoms with E-state index >= 15 is 0 Å². The molecule has 0 bridgehead atoms. The van der Waals surface area contributed by atoms with Crippen molar-refractivity contribution >= 4 is 34.7 Å². The maximum Gasteiger partial charge on any atom is 0.420 e. The van der Waals surface area contributed by atoms with Gasteiger partial charge >= 0.3 is 6.18 Å². The number of hydrogen-bond donors (Lipinski definition) is 2. The Morgan fingerprint density at radius 2 is 2.06 bits per heavy atom. The number of amides is 1. The molecule has 0 aliphatic carbocycles. The predicted molar refractivity (Wildman–Crippen MR) is 129 cm³/mol. The van der Waals surface area contributed by atoms with E-state index in [2.05, 4.69) is 10.3 Å². The molecule has 1 aromatic heterocycles. The van der Waals surface area contributed by atoms with E-state index in [1.54, 1.807) is 49.2 Å². The number of nitrogens with zero attached hydrogens (tertiary/aromatic N) is 2. The molecule has 190 valence electrons. The topological polar surface area (TPSA) is 83.9 Å². The highest BCUT2D eigenvalue weighted by molar-refractivity contribution is 6.33. The second-order valence-corrected chi connectivity index (χ2v) is 8.72. The Bertz CT molecular complexity index is 1270. The minimum absolute atomic E-state index is 0.0279. The highest BCUT2D eigenvalue weighted by atomic mass is 35.5. The number of ether oxygens (including phenoxy) is 2. The number of para-hydroxylation sites is 1. The lowest BCUT2D eigenvalue weighted by atomic mass is 10.1. The van der Waals surface area contributed by atoms with Crippen LogP contribution in [0, 0.1) is 0 Å². The zero-order valence-corrected chi connectivity index (χ0v) is 20.1. The van der Waals surface area contributed by atoms with Crippen LogP contribution < -0.4 is 19.7 Å². The fraction of sp³-hybridized carbons (Fsp3) is 0.280. The Morgan fingerprint density at radius 3 is 2.72 bits per heavy atom. The van der Waals surface area contributed by atoms with Crippen molar-refractivity contribution in [3.05, 3.63) is 70.9 Å². The first-order valence-electron chi connectivity index (χ1n) is 11.1. The van der Waals surface area contributed by atoms with Gasteiger partial charge in [-0.3, -0.25) is 4.79 Å². The maximum absolute atomic E-state index is 13.6. The predicted octanol–water partition coefficient (Wildman–Crippen LogP) is 5.68. The first-order valence-corrected chi connectivity index (χ1v) is 11.4. The Morgan fingerprint density at radius 1 is 1.28 bits per heavy atom. The van der Waals surface area contributed by atoms with E-state index < -0.39 is 29.8 Å². The van der Waals surface area contributed by atoms with E-state index in [9.17, 15) is 23.1 Å². The Kier molecular flexibility index (Phi) is 7.28. The highest BCUT2D eigenvalue weighted by Crippen LogP contribution is 2.43. The fourth-order valence-corrected chi connectivity index (χ4v) is 4.07. The molecule has 1 unspecified atom stereocenters. The lowest BCUT2D eigenvalue weighted by Crippen LogP contribution is -2.43. The average molecular weight is 522 g/mol. The van der Waals surface area contributed by atoms with Crippen LogP contribution in [0.4, 0.5) is 30.4 Å². The van der Waals surface area contributed by atoms with Crippen molar-refractivity contribution in [1.82, 2.24) is 4.98 Å². The number of nitrogens with one attached hydrogen (secondary N) is 1. The molecule has 0 saturated carbocycles. The summed E-state index contributed by atoms with van der Waals surface area (Å²) in [6.07, 6.45) is -3.59. The summed E-state index contributed by atoms with van der Waals surface area (Å²) in [7, 11) is 0. The van der Waals surface area contributed by atoms with Crippen LogP contribution in [0.15, 0.2) is 54.7 Å². The van der Waals surface area contributed by atoms with Crippen molar-refractivity contribution in [2.75, 3.05) is 23.4 Å². The molecule has 1 atom stereocenters. The number of alkyl halides is 3. The van der Waals surface area contributed by atoms with Crippen molar-refractivity contribution < 1.29 is 32.5 Å². The molecule has 1 aliphatic heterocycles. The summed E-state index contributed by atoms with van der Waals surface area (Å²) in [5.41, 5.74) is -0.529. The number of aromatic nitrogens is 1. The second-order valence-electron chi connectivity index (χ2n) is 8.31. The first kappa shape index (κ1) is 25.6. The molecule has 1 amide bonds. The average Bonchev–Trinajstić information content (AvgIpc) is 2.83. The van der Waals surface area contributed by atoms with Gasteiger partial charge < -0.3 is 24.8 Å². The van der Waals surface area contributed by atoms with E-state index in [1.165, 1.54) is 18.2 Å². The van der Waals surface area contributed by atoms with Gasteiger partial charge in [-0.1, -0.05) is 17.7 Å². The monoisotopic (exact) mass is 521 g/mol. The Balaban J connectivity index is 1.69. The number of carbonyl (C=O) groups is 1. The van der Waals surface area contributed by atoms with E-state index in [1.807, 2.05) is 0 Å². The van der Waals surface area contributed by atoms with Crippen LogP contribution in [0.3, 0.4) is 0 Å². The van der Waals surface area contributed by atoms with Gasteiger partial charge in [0.2, 0.25) is 0 Å². The number of halogens is 4. The second kappa shape index (κ2) is 10.2. The maximum atomic E-state index is 13.6. The first-order chi connectivity index (χ1) is 17.1. The summed E-state index contributed by atoms with van der Waals surface area (Å²) in [5, 5.41) is 12.8. The molecule has 3 aromatic rings. The SMILES string of the molecule is CC(C)Oc1ccc(NC(=O)c2cccc3c2OCC(CO)N3c2ncccc2Cl)cc1C(F)(F)F. The van der Waals surface area contributed by atoms with Gasteiger partial charge in [0, 0.05) is 11.9 Å². The van der Waals surface area contributed by atoms with Gasteiger partial charge in [-0.05, 0) is 56.3 Å². The summed E-state index contributed by atoms with van der Waals surface area (Å²) in [6, 6.07) is 10.9. The zero-order valence-electron chi connectivity index (χ0n) is 19.3. The number of carbonyl (C=O) groups excluding carboxylic acids is 1. The fourth-order valence-electron chi connectivity index (χ4n) is 3.86. The quantitative estimate of drug-likeness (QED) is 0.434. The number of aliphatic hydroxyl groups is 1. The molecule has 36 heavy (non-hydrogen) atoms. The van der Waals surface area contributed by atoms with E-state index in [0.717, 1.165) is 6.07 Å². The molecule has 11 heteroatoms. The van der Waals surface area contributed by atoms with Crippen molar-refractivity contribution in [2.24, 2.45) is 0 Å². The molecule has 0 saturated heterocycles. The van der Waals surface area contributed by atoms with Gasteiger partial charge in [-0.15, -0.1) is 0 Å². The van der Waals surface area contributed by atoms with Crippen molar-refractivity contribution in [3.8, 4) is 11.5 Å². The largest absolute Gasteiger partial charge is 0.490 e. The molecule has 0 spiro atoms. The van der Waals surface area contributed by atoms with Gasteiger partial charge in [0.15, 0.2) is 11.6 Å². The van der Waals surface area contributed by atoms with E-state index in [-0.39, 0.29) is 36.0 Å². The van der Waals surface area contributed by atoms with Gasteiger partial charge in [0.25, 0.3) is 5.91 Å². The standard InChI is InChI=1S/C25H23ClF3N3O4/c1-14(2)36-21-9-8-15(11-18(21)25(27,28)29)31-24(34)17-5-3-7-20-22(17)35-13-16(12-33)32(20)23-19(26)6-4-10-30-23/h3-11,14,16,33H,12-13H2,1-2H3,(H,31,34). The molecular weight excluding hydrogens is 499 g/mol. The van der Waals surface area contributed by atoms with Crippen LogP contribution in [0.1, 0.15) is 29.8 Å². The van der Waals surface area contributed by atoms with Crippen LogP contribution in [0.2, 0.25) is 5.02 Å². The number of hydrogen-bond acceptors (Lipinski definition) is 6. The van der Waals surface area contributed by atoms with Crippen LogP contribution in [0.5, 0.6) is 11.5 Å². The molecule has 2 aromatic carbocycles. The summed E-state index contributed by atoms with van der Waals surface area (Å²) in [4.78, 5) is 19.1. The number of anilines is 3. The third-order valence-electron chi connectivity index (χ3n) is 5.37. The lowest BCUT2D eigenvalue weighted by molar-refractivity contribution is -0.139. The van der Waals surface area contributed by atoms with E-state index in [4.69, 9.17) is 21.1 Å². The minimum Gasteiger partial charge on any atom is -0.490 e. The number of pyridine rings is 1. The normalized spacial score (nSPS) is 15.3. The number of benzene rings is 2. The lowest BCUT2D eigenvalue weighted by Gasteiger charge is -2.37.